The third-order valence-corrected chi connectivity index (χ3v) is 1.74. The van der Waals surface area contributed by atoms with Crippen molar-refractivity contribution in [2.45, 2.75) is 32.6 Å². The van der Waals surface area contributed by atoms with Crippen molar-refractivity contribution in [2.75, 3.05) is 6.16 Å². The summed E-state index contributed by atoms with van der Waals surface area (Å²) in [7, 11) is 2.45. The van der Waals surface area contributed by atoms with Gasteiger partial charge in [-0.1, -0.05) is 19.8 Å². The van der Waals surface area contributed by atoms with Gasteiger partial charge in [0.15, 0.2) is 0 Å². The molecule has 0 amide bonds. The standard InChI is InChI=1S/C7H15OP/c1-2-3-4-5-7(8)6-9/h2-6,9H2,1H3. The Hall–Kier alpha value is 0.100. The molecule has 0 rings (SSSR count). The van der Waals surface area contributed by atoms with E-state index in [1.165, 1.54) is 12.8 Å². The topological polar surface area (TPSA) is 17.1 Å². The molecule has 0 aromatic rings. The van der Waals surface area contributed by atoms with Crippen molar-refractivity contribution in [2.24, 2.45) is 0 Å². The van der Waals surface area contributed by atoms with E-state index in [1.807, 2.05) is 0 Å². The van der Waals surface area contributed by atoms with Crippen LogP contribution in [0.1, 0.15) is 32.6 Å². The molecular weight excluding hydrogens is 131 g/mol. The number of hydrogen-bond donors (Lipinski definition) is 0. The molecule has 0 aliphatic rings. The Morgan fingerprint density at radius 1 is 1.44 bits per heavy atom. The molecule has 0 N–H and O–H groups in total. The summed E-state index contributed by atoms with van der Waals surface area (Å²) in [6, 6.07) is 0. The van der Waals surface area contributed by atoms with Gasteiger partial charge in [-0.3, -0.25) is 4.79 Å². The molecule has 0 radical (unpaired) electrons. The lowest BCUT2D eigenvalue weighted by Gasteiger charge is -1.93. The predicted octanol–water partition coefficient (Wildman–Crippen LogP) is 2.01. The van der Waals surface area contributed by atoms with Crippen LogP contribution in [0, 0.1) is 0 Å². The van der Waals surface area contributed by atoms with E-state index in [2.05, 4.69) is 16.2 Å². The Bertz CT molecular complexity index is 81.0. The van der Waals surface area contributed by atoms with Crippen LogP contribution in [0.3, 0.4) is 0 Å². The second kappa shape index (κ2) is 6.22. The van der Waals surface area contributed by atoms with E-state index in [9.17, 15) is 4.79 Å². The highest BCUT2D eigenvalue weighted by Gasteiger charge is 1.95. The Kier molecular flexibility index (Phi) is 6.29. The first-order valence-corrected chi connectivity index (χ1v) is 4.34. The Morgan fingerprint density at radius 3 is 2.56 bits per heavy atom. The van der Waals surface area contributed by atoms with Gasteiger partial charge < -0.3 is 0 Å². The number of ketones is 1. The SMILES string of the molecule is CCCCCC(=O)CP. The van der Waals surface area contributed by atoms with Crippen molar-refractivity contribution < 1.29 is 4.79 Å². The lowest BCUT2D eigenvalue weighted by atomic mass is 10.2. The number of rotatable bonds is 5. The van der Waals surface area contributed by atoms with Crippen LogP contribution in [0.15, 0.2) is 0 Å². The molecule has 1 atom stereocenters. The molecule has 0 saturated heterocycles. The molecule has 0 spiro atoms. The Balaban J connectivity index is 2.97. The summed E-state index contributed by atoms with van der Waals surface area (Å²) in [4.78, 5) is 10.7. The van der Waals surface area contributed by atoms with Crippen molar-refractivity contribution in [3.05, 3.63) is 0 Å². The van der Waals surface area contributed by atoms with Gasteiger partial charge in [0.25, 0.3) is 0 Å². The normalized spacial score (nSPS) is 9.56. The van der Waals surface area contributed by atoms with Crippen molar-refractivity contribution in [1.82, 2.24) is 0 Å². The van der Waals surface area contributed by atoms with Crippen LogP contribution < -0.4 is 0 Å². The number of hydrogen-bond acceptors (Lipinski definition) is 1. The zero-order chi connectivity index (χ0) is 7.11. The van der Waals surface area contributed by atoms with Crippen LogP contribution in [-0.2, 0) is 4.79 Å². The molecular formula is C7H15OP. The summed E-state index contributed by atoms with van der Waals surface area (Å²) in [5, 5.41) is 0. The fourth-order valence-electron chi connectivity index (χ4n) is 0.674. The number of unbranched alkanes of at least 4 members (excludes halogenated alkanes) is 2. The van der Waals surface area contributed by atoms with Gasteiger partial charge in [-0.2, -0.15) is 0 Å². The van der Waals surface area contributed by atoms with Gasteiger partial charge >= 0.3 is 0 Å². The average molecular weight is 146 g/mol. The smallest absolute Gasteiger partial charge is 0.136 e. The number of Topliss-reactive ketones (excluding diaryl/α,β-unsaturated/α-hetero) is 1. The fraction of sp³-hybridized carbons (Fsp3) is 0.857. The molecule has 2 heteroatoms. The predicted molar refractivity (Wildman–Crippen MR) is 43.7 cm³/mol. The van der Waals surface area contributed by atoms with E-state index < -0.39 is 0 Å². The third-order valence-electron chi connectivity index (χ3n) is 1.29. The van der Waals surface area contributed by atoms with Gasteiger partial charge in [-0.05, 0) is 6.42 Å². The van der Waals surface area contributed by atoms with Crippen LogP contribution >= 0.6 is 9.24 Å². The summed E-state index contributed by atoms with van der Waals surface area (Å²) in [5.74, 6) is 0.369. The molecule has 1 unspecified atom stereocenters. The number of carbonyl (C=O) groups excluding carboxylic acids is 1. The molecule has 0 aliphatic carbocycles. The molecule has 0 bridgehead atoms. The van der Waals surface area contributed by atoms with Crippen LogP contribution in [0.5, 0.6) is 0 Å². The minimum atomic E-state index is 0.369. The Labute approximate surface area is 59.4 Å². The molecule has 0 fully saturated rings. The second-order valence-electron chi connectivity index (χ2n) is 2.20. The zero-order valence-corrected chi connectivity index (χ0v) is 7.18. The first-order valence-electron chi connectivity index (χ1n) is 3.53. The highest BCUT2D eigenvalue weighted by atomic mass is 31.0. The minimum absolute atomic E-state index is 0.369. The lowest BCUT2D eigenvalue weighted by Crippen LogP contribution is -1.97. The highest BCUT2D eigenvalue weighted by molar-refractivity contribution is 7.18. The minimum Gasteiger partial charge on any atom is -0.299 e. The van der Waals surface area contributed by atoms with E-state index in [1.54, 1.807) is 0 Å². The van der Waals surface area contributed by atoms with Crippen LogP contribution in [-0.4, -0.2) is 11.9 Å². The second-order valence-corrected chi connectivity index (χ2v) is 2.61. The molecule has 0 saturated carbocycles. The van der Waals surface area contributed by atoms with Gasteiger partial charge in [0.1, 0.15) is 5.78 Å². The molecule has 0 aliphatic heterocycles. The van der Waals surface area contributed by atoms with Crippen molar-refractivity contribution in [1.29, 1.82) is 0 Å². The van der Waals surface area contributed by atoms with Crippen molar-refractivity contribution in [3.8, 4) is 0 Å². The molecule has 0 aromatic heterocycles. The van der Waals surface area contributed by atoms with E-state index in [0.717, 1.165) is 12.8 Å². The quantitative estimate of drug-likeness (QED) is 0.428. The summed E-state index contributed by atoms with van der Waals surface area (Å²) in [5.41, 5.74) is 0. The zero-order valence-electron chi connectivity index (χ0n) is 6.02. The van der Waals surface area contributed by atoms with Gasteiger partial charge in [-0.25, -0.2) is 0 Å². The molecule has 54 valence electrons. The van der Waals surface area contributed by atoms with Crippen LogP contribution in [0.25, 0.3) is 0 Å². The summed E-state index contributed by atoms with van der Waals surface area (Å²) in [6.45, 7) is 2.14. The van der Waals surface area contributed by atoms with Crippen molar-refractivity contribution in [3.63, 3.8) is 0 Å². The number of carbonyl (C=O) groups is 1. The molecule has 1 nitrogen and oxygen atoms in total. The highest BCUT2D eigenvalue weighted by Crippen LogP contribution is 2.00. The van der Waals surface area contributed by atoms with Gasteiger partial charge in [0.05, 0.1) is 0 Å². The van der Waals surface area contributed by atoms with Gasteiger partial charge in [0, 0.05) is 12.6 Å². The fourth-order valence-corrected chi connectivity index (χ4v) is 0.878. The van der Waals surface area contributed by atoms with Crippen molar-refractivity contribution >= 4 is 15.0 Å². The summed E-state index contributed by atoms with van der Waals surface area (Å²) < 4.78 is 0. The molecule has 0 aromatic carbocycles. The average Bonchev–Trinajstić information content (AvgIpc) is 1.89. The molecule has 9 heavy (non-hydrogen) atoms. The largest absolute Gasteiger partial charge is 0.299 e. The summed E-state index contributed by atoms with van der Waals surface area (Å²) in [6.07, 6.45) is 4.87. The monoisotopic (exact) mass is 146 g/mol. The maximum atomic E-state index is 10.7. The first kappa shape index (κ1) is 9.10. The summed E-state index contributed by atoms with van der Waals surface area (Å²) >= 11 is 0. The Morgan fingerprint density at radius 2 is 2.11 bits per heavy atom. The lowest BCUT2D eigenvalue weighted by molar-refractivity contribution is -0.116. The van der Waals surface area contributed by atoms with Gasteiger partial charge in [-0.15, -0.1) is 9.24 Å². The van der Waals surface area contributed by atoms with E-state index in [-0.39, 0.29) is 0 Å². The third kappa shape index (κ3) is 5.98. The van der Waals surface area contributed by atoms with Crippen LogP contribution in [0.2, 0.25) is 0 Å². The van der Waals surface area contributed by atoms with E-state index >= 15 is 0 Å². The van der Waals surface area contributed by atoms with E-state index in [4.69, 9.17) is 0 Å². The van der Waals surface area contributed by atoms with Crippen LogP contribution in [0.4, 0.5) is 0 Å². The first-order chi connectivity index (χ1) is 4.31. The van der Waals surface area contributed by atoms with Gasteiger partial charge in [0.2, 0.25) is 0 Å². The molecule has 0 heterocycles. The maximum Gasteiger partial charge on any atom is 0.136 e. The van der Waals surface area contributed by atoms with E-state index in [0.29, 0.717) is 11.9 Å². The maximum absolute atomic E-state index is 10.7.